The summed E-state index contributed by atoms with van der Waals surface area (Å²) in [6.45, 7) is 1.29. The van der Waals surface area contributed by atoms with Gasteiger partial charge in [0.2, 0.25) is 5.91 Å². The highest BCUT2D eigenvalue weighted by Crippen LogP contribution is 2.34. The Hall–Kier alpha value is -1.36. The molecule has 102 valence electrons. The summed E-state index contributed by atoms with van der Waals surface area (Å²) in [5, 5.41) is 21.4. The van der Waals surface area contributed by atoms with Crippen molar-refractivity contribution in [3.05, 3.63) is 47.0 Å². The second-order valence-electron chi connectivity index (χ2n) is 4.67. The second kappa shape index (κ2) is 5.74. The first kappa shape index (κ1) is 14.1. The Morgan fingerprint density at radius 1 is 1.53 bits per heavy atom. The fourth-order valence-corrected chi connectivity index (χ4v) is 2.58. The Balaban J connectivity index is 2.20. The first-order chi connectivity index (χ1) is 9.00. The van der Waals surface area contributed by atoms with Gasteiger partial charge in [-0.15, -0.1) is 0 Å². The van der Waals surface area contributed by atoms with Gasteiger partial charge in [-0.25, -0.2) is 5.06 Å². The third-order valence-corrected chi connectivity index (χ3v) is 3.61. The van der Waals surface area contributed by atoms with Crippen molar-refractivity contribution in [2.75, 3.05) is 0 Å². The molecule has 0 heterocycles. The number of hydrogen-bond acceptors (Lipinski definition) is 3. The normalized spacial score (nSPS) is 23.4. The topological polar surface area (TPSA) is 60.8 Å². The summed E-state index contributed by atoms with van der Waals surface area (Å²) in [6.07, 6.45) is 3.40. The van der Waals surface area contributed by atoms with Crippen molar-refractivity contribution in [3.8, 4) is 0 Å². The van der Waals surface area contributed by atoms with Gasteiger partial charge in [-0.1, -0.05) is 35.9 Å². The van der Waals surface area contributed by atoms with Crippen molar-refractivity contribution in [3.63, 3.8) is 0 Å². The number of hydroxylamine groups is 2. The van der Waals surface area contributed by atoms with Gasteiger partial charge < -0.3 is 5.11 Å². The van der Waals surface area contributed by atoms with E-state index in [0.717, 1.165) is 0 Å². The van der Waals surface area contributed by atoms with Crippen LogP contribution in [0, 0.1) is 5.92 Å². The summed E-state index contributed by atoms with van der Waals surface area (Å²) in [5.74, 6) is -0.774. The van der Waals surface area contributed by atoms with E-state index in [-0.39, 0.29) is 5.92 Å². The third kappa shape index (κ3) is 2.97. The van der Waals surface area contributed by atoms with Crippen LogP contribution >= 0.6 is 11.6 Å². The molecule has 2 N–H and O–H groups in total. The van der Waals surface area contributed by atoms with Crippen LogP contribution in [0.2, 0.25) is 5.02 Å². The minimum atomic E-state index is -0.809. The van der Waals surface area contributed by atoms with E-state index in [4.69, 9.17) is 11.6 Å². The first-order valence-electron chi connectivity index (χ1n) is 6.09. The van der Waals surface area contributed by atoms with Gasteiger partial charge in [0.1, 0.15) is 0 Å². The average Bonchev–Trinajstić information content (AvgIpc) is 2.85. The lowest BCUT2D eigenvalue weighted by atomic mass is 9.91. The summed E-state index contributed by atoms with van der Waals surface area (Å²) >= 11 is 5.90. The largest absolute Gasteiger partial charge is 0.388 e. The molecule has 2 unspecified atom stereocenters. The zero-order chi connectivity index (χ0) is 14.0. The van der Waals surface area contributed by atoms with Crippen molar-refractivity contribution in [1.82, 2.24) is 5.06 Å². The average molecular weight is 282 g/mol. The molecule has 5 heteroatoms. The van der Waals surface area contributed by atoms with Crippen LogP contribution < -0.4 is 0 Å². The lowest BCUT2D eigenvalue weighted by Gasteiger charge is -2.29. The molecular weight excluding hydrogens is 266 g/mol. The molecular formula is C14H16ClNO3. The van der Waals surface area contributed by atoms with Crippen LogP contribution in [0.25, 0.3) is 0 Å². The molecule has 0 spiro atoms. The van der Waals surface area contributed by atoms with Crippen LogP contribution in [0.15, 0.2) is 36.4 Å². The number of amides is 1. The Bertz CT molecular complexity index is 503. The fraction of sp³-hybridized carbons (Fsp3) is 0.357. The van der Waals surface area contributed by atoms with Gasteiger partial charge >= 0.3 is 0 Å². The van der Waals surface area contributed by atoms with Crippen LogP contribution in [-0.2, 0) is 4.79 Å². The summed E-state index contributed by atoms with van der Waals surface area (Å²) in [7, 11) is 0. The number of nitrogens with zero attached hydrogens (tertiary/aromatic N) is 1. The number of aliphatic hydroxyl groups excluding tert-OH is 1. The molecule has 1 aliphatic carbocycles. The van der Waals surface area contributed by atoms with Crippen molar-refractivity contribution >= 4 is 17.5 Å². The molecule has 3 atom stereocenters. The highest BCUT2D eigenvalue weighted by Gasteiger charge is 2.35. The van der Waals surface area contributed by atoms with E-state index in [9.17, 15) is 15.1 Å². The van der Waals surface area contributed by atoms with E-state index in [1.807, 2.05) is 12.2 Å². The van der Waals surface area contributed by atoms with Gasteiger partial charge in [0, 0.05) is 17.9 Å². The molecule has 1 aromatic carbocycles. The van der Waals surface area contributed by atoms with E-state index in [1.54, 1.807) is 24.3 Å². The molecule has 0 aromatic heterocycles. The Morgan fingerprint density at radius 3 is 2.89 bits per heavy atom. The quantitative estimate of drug-likeness (QED) is 0.508. The van der Waals surface area contributed by atoms with Crippen LogP contribution in [0.3, 0.4) is 0 Å². The lowest BCUT2D eigenvalue weighted by Crippen LogP contribution is -2.40. The maximum Gasteiger partial charge on any atom is 0.243 e. The molecule has 0 saturated carbocycles. The van der Waals surface area contributed by atoms with Crippen molar-refractivity contribution in [2.24, 2.45) is 5.92 Å². The number of carbonyl (C=O) groups excluding carboxylic acids is 1. The Morgan fingerprint density at radius 2 is 2.26 bits per heavy atom. The molecule has 0 saturated heterocycles. The van der Waals surface area contributed by atoms with Crippen molar-refractivity contribution in [2.45, 2.75) is 25.5 Å². The summed E-state index contributed by atoms with van der Waals surface area (Å²) in [6, 6.07) is 6.51. The molecule has 1 aliphatic rings. The number of rotatable bonds is 3. The number of hydrogen-bond donors (Lipinski definition) is 2. The van der Waals surface area contributed by atoms with E-state index >= 15 is 0 Å². The molecule has 0 aliphatic heterocycles. The number of aliphatic hydroxyl groups is 1. The maximum absolute atomic E-state index is 11.2. The van der Waals surface area contributed by atoms with Gasteiger partial charge in [0.15, 0.2) is 0 Å². The monoisotopic (exact) mass is 281 g/mol. The smallest absolute Gasteiger partial charge is 0.243 e. The highest BCUT2D eigenvalue weighted by molar-refractivity contribution is 6.30. The van der Waals surface area contributed by atoms with Crippen LogP contribution in [0.4, 0.5) is 0 Å². The van der Waals surface area contributed by atoms with Crippen LogP contribution in [-0.4, -0.2) is 27.3 Å². The third-order valence-electron chi connectivity index (χ3n) is 3.37. The zero-order valence-corrected chi connectivity index (χ0v) is 11.3. The molecule has 0 fully saturated rings. The first-order valence-corrected chi connectivity index (χ1v) is 6.47. The summed E-state index contributed by atoms with van der Waals surface area (Å²) in [4.78, 5) is 11.2. The predicted molar refractivity (Wildman–Crippen MR) is 71.8 cm³/mol. The molecule has 1 aromatic rings. The van der Waals surface area contributed by atoms with E-state index in [1.165, 1.54) is 6.92 Å². The van der Waals surface area contributed by atoms with Crippen molar-refractivity contribution < 1.29 is 15.1 Å². The van der Waals surface area contributed by atoms with Crippen LogP contribution in [0.5, 0.6) is 0 Å². The maximum atomic E-state index is 11.2. The Kier molecular flexibility index (Phi) is 4.24. The van der Waals surface area contributed by atoms with Gasteiger partial charge in [-0.2, -0.15) is 0 Å². The zero-order valence-electron chi connectivity index (χ0n) is 10.5. The Labute approximate surface area is 116 Å². The summed E-state index contributed by atoms with van der Waals surface area (Å²) in [5.41, 5.74) is 0.672. The molecule has 4 nitrogen and oxygen atoms in total. The molecule has 0 bridgehead atoms. The minimum Gasteiger partial charge on any atom is -0.388 e. The number of halogens is 1. The van der Waals surface area contributed by atoms with E-state index < -0.39 is 18.1 Å². The summed E-state index contributed by atoms with van der Waals surface area (Å²) < 4.78 is 0. The molecule has 2 rings (SSSR count). The molecule has 1 amide bonds. The SMILES string of the molecule is CC(=O)N(O)[C@@H]1CC=CC1C(O)c1cccc(Cl)c1. The highest BCUT2D eigenvalue weighted by atomic mass is 35.5. The predicted octanol–water partition coefficient (Wildman–Crippen LogP) is 2.56. The van der Waals surface area contributed by atoms with E-state index in [0.29, 0.717) is 22.1 Å². The van der Waals surface area contributed by atoms with Gasteiger partial charge in [-0.3, -0.25) is 10.0 Å². The number of benzene rings is 1. The van der Waals surface area contributed by atoms with Gasteiger partial charge in [0.25, 0.3) is 0 Å². The van der Waals surface area contributed by atoms with Crippen LogP contribution in [0.1, 0.15) is 25.0 Å². The standard InChI is InChI=1S/C14H16ClNO3/c1-9(17)16(19)13-7-3-6-12(13)14(18)10-4-2-5-11(15)8-10/h2-6,8,12-14,18-19H,7H2,1H3/t12?,13-,14?/m1/s1. The van der Waals surface area contributed by atoms with E-state index in [2.05, 4.69) is 0 Å². The molecule has 0 radical (unpaired) electrons. The lowest BCUT2D eigenvalue weighted by molar-refractivity contribution is -0.178. The minimum absolute atomic E-state index is 0.340. The van der Waals surface area contributed by atoms with Crippen molar-refractivity contribution in [1.29, 1.82) is 0 Å². The number of carbonyl (C=O) groups is 1. The molecule has 19 heavy (non-hydrogen) atoms. The van der Waals surface area contributed by atoms with Gasteiger partial charge in [0.05, 0.1) is 12.1 Å². The second-order valence-corrected chi connectivity index (χ2v) is 5.11. The fourth-order valence-electron chi connectivity index (χ4n) is 2.39. The van der Waals surface area contributed by atoms with Gasteiger partial charge in [-0.05, 0) is 24.1 Å².